The molecule has 4 atom stereocenters. The highest BCUT2D eigenvalue weighted by Gasteiger charge is 2.32. The molecular weight excluding hydrogens is 162 g/mol. The molecule has 0 saturated carbocycles. The predicted molar refractivity (Wildman–Crippen MR) is 55.4 cm³/mol. The quantitative estimate of drug-likeness (QED) is 0.474. The van der Waals surface area contributed by atoms with Gasteiger partial charge in [0.1, 0.15) is 6.04 Å². The average molecular weight is 181 g/mol. The molecule has 4 unspecified atom stereocenters. The van der Waals surface area contributed by atoms with Gasteiger partial charge in [-0.05, 0) is 24.2 Å². The third kappa shape index (κ3) is 1.82. The maximum Gasteiger partial charge on any atom is 0.113 e. The summed E-state index contributed by atoms with van der Waals surface area (Å²) in [6.45, 7) is 8.73. The van der Waals surface area contributed by atoms with Crippen molar-refractivity contribution in [3.63, 3.8) is 0 Å². The van der Waals surface area contributed by atoms with Crippen LogP contribution >= 0.6 is 0 Å². The average Bonchev–Trinajstić information content (AvgIpc) is 2.15. The second-order valence-electron chi connectivity index (χ2n) is 4.20. The van der Waals surface area contributed by atoms with Crippen molar-refractivity contribution in [2.75, 3.05) is 0 Å². The van der Waals surface area contributed by atoms with Gasteiger partial charge in [-0.3, -0.25) is 0 Å². The van der Waals surface area contributed by atoms with E-state index in [9.17, 15) is 4.91 Å². The molecule has 0 aromatic heterocycles. The smallest absolute Gasteiger partial charge is 0.113 e. The van der Waals surface area contributed by atoms with Gasteiger partial charge in [-0.2, -0.15) is 4.91 Å². The number of rotatable bonds is 2. The predicted octanol–water partition coefficient (Wildman–Crippen LogP) is 3.38. The van der Waals surface area contributed by atoms with Crippen LogP contribution in [0.5, 0.6) is 0 Å². The van der Waals surface area contributed by atoms with E-state index in [0.717, 1.165) is 6.42 Å². The number of hydrogen-bond donors (Lipinski definition) is 0. The summed E-state index contributed by atoms with van der Waals surface area (Å²) in [6.07, 6.45) is 3.12. The third-order valence-electron chi connectivity index (χ3n) is 3.66. The SMILES string of the molecule is CCC1=CC(N=O)C(C)C(C)C1C. The van der Waals surface area contributed by atoms with Crippen LogP contribution in [-0.2, 0) is 0 Å². The Kier molecular flexibility index (Phi) is 3.23. The van der Waals surface area contributed by atoms with Gasteiger partial charge >= 0.3 is 0 Å². The van der Waals surface area contributed by atoms with Gasteiger partial charge in [0.15, 0.2) is 0 Å². The van der Waals surface area contributed by atoms with Crippen LogP contribution in [0, 0.1) is 22.7 Å². The maximum absolute atomic E-state index is 10.6. The van der Waals surface area contributed by atoms with Crippen LogP contribution in [0.25, 0.3) is 0 Å². The molecule has 1 rings (SSSR count). The second kappa shape index (κ2) is 4.03. The second-order valence-corrected chi connectivity index (χ2v) is 4.20. The zero-order valence-corrected chi connectivity index (χ0v) is 8.95. The summed E-state index contributed by atoms with van der Waals surface area (Å²) in [6, 6.07) is -0.0962. The number of nitroso groups, excluding NO2 is 1. The van der Waals surface area contributed by atoms with Crippen LogP contribution in [0.1, 0.15) is 34.1 Å². The van der Waals surface area contributed by atoms with E-state index in [1.165, 1.54) is 5.57 Å². The lowest BCUT2D eigenvalue weighted by atomic mass is 9.72. The molecule has 0 radical (unpaired) electrons. The van der Waals surface area contributed by atoms with E-state index < -0.39 is 0 Å². The fraction of sp³-hybridized carbons (Fsp3) is 0.818. The Morgan fingerprint density at radius 2 is 1.92 bits per heavy atom. The maximum atomic E-state index is 10.6. The molecule has 0 fully saturated rings. The summed E-state index contributed by atoms with van der Waals surface area (Å²) >= 11 is 0. The zero-order valence-electron chi connectivity index (χ0n) is 8.95. The highest BCUT2D eigenvalue weighted by atomic mass is 16.3. The Labute approximate surface area is 80.4 Å². The Balaban J connectivity index is 2.92. The lowest BCUT2D eigenvalue weighted by Crippen LogP contribution is -2.31. The monoisotopic (exact) mass is 181 g/mol. The van der Waals surface area contributed by atoms with Crippen molar-refractivity contribution >= 4 is 0 Å². The van der Waals surface area contributed by atoms with Crippen LogP contribution in [-0.4, -0.2) is 6.04 Å². The number of allylic oxidation sites excluding steroid dienone is 1. The normalized spacial score (nSPS) is 39.8. The Hall–Kier alpha value is -0.660. The van der Waals surface area contributed by atoms with Crippen molar-refractivity contribution in [2.24, 2.45) is 22.9 Å². The van der Waals surface area contributed by atoms with Crippen LogP contribution in [0.2, 0.25) is 0 Å². The van der Waals surface area contributed by atoms with Gasteiger partial charge in [0, 0.05) is 0 Å². The van der Waals surface area contributed by atoms with Gasteiger partial charge in [-0.1, -0.05) is 44.5 Å². The Morgan fingerprint density at radius 3 is 2.38 bits per heavy atom. The Morgan fingerprint density at radius 1 is 1.31 bits per heavy atom. The fourth-order valence-electron chi connectivity index (χ4n) is 2.19. The lowest BCUT2D eigenvalue weighted by molar-refractivity contribution is 0.264. The van der Waals surface area contributed by atoms with Crippen molar-refractivity contribution in [1.29, 1.82) is 0 Å². The van der Waals surface area contributed by atoms with Gasteiger partial charge < -0.3 is 0 Å². The zero-order chi connectivity index (χ0) is 10.0. The van der Waals surface area contributed by atoms with E-state index in [2.05, 4.69) is 38.9 Å². The molecule has 0 saturated heterocycles. The first kappa shape index (κ1) is 10.4. The van der Waals surface area contributed by atoms with Crippen molar-refractivity contribution in [3.05, 3.63) is 16.6 Å². The topological polar surface area (TPSA) is 29.4 Å². The molecule has 13 heavy (non-hydrogen) atoms. The van der Waals surface area contributed by atoms with Crippen molar-refractivity contribution in [1.82, 2.24) is 0 Å². The van der Waals surface area contributed by atoms with Crippen molar-refractivity contribution in [2.45, 2.75) is 40.2 Å². The van der Waals surface area contributed by atoms with Gasteiger partial charge in [-0.15, -0.1) is 0 Å². The summed E-state index contributed by atoms with van der Waals surface area (Å²) in [5.74, 6) is 1.57. The van der Waals surface area contributed by atoms with E-state index in [0.29, 0.717) is 17.8 Å². The molecule has 2 nitrogen and oxygen atoms in total. The molecule has 0 heterocycles. The first-order valence-corrected chi connectivity index (χ1v) is 5.14. The molecule has 1 aliphatic carbocycles. The first-order chi connectivity index (χ1) is 6.11. The summed E-state index contributed by atoms with van der Waals surface area (Å²) in [7, 11) is 0. The summed E-state index contributed by atoms with van der Waals surface area (Å²) < 4.78 is 0. The minimum atomic E-state index is -0.0962. The summed E-state index contributed by atoms with van der Waals surface area (Å²) in [5, 5.41) is 3.19. The molecule has 0 aromatic carbocycles. The minimum absolute atomic E-state index is 0.0962. The van der Waals surface area contributed by atoms with E-state index >= 15 is 0 Å². The number of hydrogen-bond acceptors (Lipinski definition) is 2. The van der Waals surface area contributed by atoms with E-state index in [4.69, 9.17) is 0 Å². The van der Waals surface area contributed by atoms with E-state index in [-0.39, 0.29) is 6.04 Å². The minimum Gasteiger partial charge on any atom is -0.150 e. The summed E-state index contributed by atoms with van der Waals surface area (Å²) in [4.78, 5) is 10.6. The fourth-order valence-corrected chi connectivity index (χ4v) is 2.19. The molecule has 0 spiro atoms. The molecule has 0 N–H and O–H groups in total. The van der Waals surface area contributed by atoms with Crippen molar-refractivity contribution < 1.29 is 0 Å². The van der Waals surface area contributed by atoms with Crippen molar-refractivity contribution in [3.8, 4) is 0 Å². The standard InChI is InChI=1S/C11H19NO/c1-5-10-6-11(12-13)9(4)7(2)8(10)3/h6-9,11H,5H2,1-4H3. The van der Waals surface area contributed by atoms with Gasteiger partial charge in [0.2, 0.25) is 0 Å². The third-order valence-corrected chi connectivity index (χ3v) is 3.66. The molecular formula is C11H19NO. The molecule has 0 bridgehead atoms. The van der Waals surface area contributed by atoms with E-state index in [1.807, 2.05) is 0 Å². The highest BCUT2D eigenvalue weighted by Crippen LogP contribution is 2.36. The van der Waals surface area contributed by atoms with Crippen LogP contribution < -0.4 is 0 Å². The first-order valence-electron chi connectivity index (χ1n) is 5.14. The molecule has 2 heteroatoms. The van der Waals surface area contributed by atoms with E-state index in [1.54, 1.807) is 0 Å². The van der Waals surface area contributed by atoms with Gasteiger partial charge in [-0.25, -0.2) is 0 Å². The molecule has 74 valence electrons. The van der Waals surface area contributed by atoms with Crippen LogP contribution in [0.4, 0.5) is 0 Å². The molecule has 0 amide bonds. The Bertz CT molecular complexity index is 222. The van der Waals surface area contributed by atoms with Gasteiger partial charge in [0.05, 0.1) is 0 Å². The number of nitrogens with zero attached hydrogens (tertiary/aromatic N) is 1. The molecule has 1 aliphatic rings. The highest BCUT2D eigenvalue weighted by molar-refractivity contribution is 5.16. The molecule has 0 aliphatic heterocycles. The van der Waals surface area contributed by atoms with Crippen LogP contribution in [0.3, 0.4) is 0 Å². The summed E-state index contributed by atoms with van der Waals surface area (Å²) in [5.41, 5.74) is 1.40. The van der Waals surface area contributed by atoms with Gasteiger partial charge in [0.25, 0.3) is 0 Å². The largest absolute Gasteiger partial charge is 0.150 e. The van der Waals surface area contributed by atoms with Crippen LogP contribution in [0.15, 0.2) is 16.8 Å². The lowest BCUT2D eigenvalue weighted by Gasteiger charge is -2.34. The molecule has 0 aromatic rings.